The van der Waals surface area contributed by atoms with E-state index >= 15 is 0 Å². The Hall–Kier alpha value is -5.75. The van der Waals surface area contributed by atoms with Gasteiger partial charge >= 0.3 is 5.97 Å². The Morgan fingerprint density at radius 1 is 0.849 bits per heavy atom. The van der Waals surface area contributed by atoms with Gasteiger partial charge in [0.05, 0.1) is 23.4 Å². The molecule has 53 heavy (non-hydrogen) atoms. The van der Waals surface area contributed by atoms with E-state index in [9.17, 15) is 59.3 Å². The standard InChI is InChI=1S/C29H22N6O14S3.Cu/c1-3-50(41,42)22-13-20(36)19(12-21(22)49-2)31-32-24-23(52(46,47)48)10-14-4-5-15(11-18(14)27(24)37)30-33-25-26(29(39)40)34-35(28(25)38)16-6-8-17(9-7-16)51(43,44)45;/h3-13,34,36-37H,1H2,2H3,(H,39,40)(H,43,44,45)(H,46,47,48);. The number of benzene rings is 4. The number of ether oxygens (including phenoxy) is 1. The van der Waals surface area contributed by atoms with E-state index in [-0.39, 0.29) is 45.0 Å². The third kappa shape index (κ3) is 8.02. The Morgan fingerprint density at radius 3 is 2.06 bits per heavy atom. The molecular weight excluding hydrogens is 816 g/mol. The average molecular weight is 838 g/mol. The van der Waals surface area contributed by atoms with E-state index in [0.29, 0.717) is 5.41 Å². The summed E-state index contributed by atoms with van der Waals surface area (Å²) in [6.07, 6.45) is 0. The van der Waals surface area contributed by atoms with E-state index in [1.807, 2.05) is 0 Å². The van der Waals surface area contributed by atoms with Crippen molar-refractivity contribution in [1.29, 1.82) is 0 Å². The van der Waals surface area contributed by atoms with Crippen molar-refractivity contribution in [2.24, 2.45) is 20.5 Å². The second-order valence-corrected chi connectivity index (χ2v) is 15.0. The van der Waals surface area contributed by atoms with Gasteiger partial charge in [0.15, 0.2) is 17.1 Å². The zero-order valence-corrected chi connectivity index (χ0v) is 29.6. The molecule has 0 spiro atoms. The Labute approximate surface area is 308 Å². The minimum absolute atomic E-state index is 0. The number of aromatic nitrogens is 2. The summed E-state index contributed by atoms with van der Waals surface area (Å²) in [7, 11) is -12.6. The summed E-state index contributed by atoms with van der Waals surface area (Å²) in [5.41, 5.74) is -3.86. The molecule has 0 fully saturated rings. The van der Waals surface area contributed by atoms with E-state index in [1.165, 1.54) is 12.1 Å². The van der Waals surface area contributed by atoms with Crippen molar-refractivity contribution in [3.63, 3.8) is 0 Å². The van der Waals surface area contributed by atoms with Crippen LogP contribution in [0.2, 0.25) is 0 Å². The van der Waals surface area contributed by atoms with Crippen LogP contribution in [0.3, 0.4) is 0 Å². The van der Waals surface area contributed by atoms with Gasteiger partial charge < -0.3 is 20.1 Å². The van der Waals surface area contributed by atoms with Crippen molar-refractivity contribution < 1.29 is 76.3 Å². The molecule has 20 nitrogen and oxygen atoms in total. The third-order valence-electron chi connectivity index (χ3n) is 7.10. The van der Waals surface area contributed by atoms with Gasteiger partial charge in [-0.05, 0) is 47.9 Å². The predicted octanol–water partition coefficient (Wildman–Crippen LogP) is 4.68. The maximum absolute atomic E-state index is 13.1. The first-order valence-electron chi connectivity index (χ1n) is 13.8. The van der Waals surface area contributed by atoms with Crippen LogP contribution in [0.5, 0.6) is 17.2 Å². The number of carbonyl (C=O) groups is 1. The molecule has 0 aliphatic heterocycles. The SMILES string of the molecule is C=CS(=O)(=O)c1cc(O)c(N=Nc2c(S(=O)(=O)O)cc3ccc(N=Nc4c(C(=O)O)[nH]n(-c5ccc(S(=O)(=O)O)cc5)c4=O)cc3c2O)cc1OC.[Cu]. The first-order valence-corrected chi connectivity index (χ1v) is 18.2. The summed E-state index contributed by atoms with van der Waals surface area (Å²) in [5.74, 6) is -3.55. The smallest absolute Gasteiger partial charge is 0.356 e. The van der Waals surface area contributed by atoms with Crippen LogP contribution >= 0.6 is 0 Å². The molecule has 6 N–H and O–H groups in total. The fourth-order valence-electron chi connectivity index (χ4n) is 4.61. The number of rotatable bonds is 11. The Kier molecular flexibility index (Phi) is 11.1. The molecule has 0 unspecified atom stereocenters. The molecule has 0 saturated heterocycles. The number of fused-ring (bicyclic) bond motifs is 1. The van der Waals surface area contributed by atoms with E-state index in [1.54, 1.807) is 0 Å². The van der Waals surface area contributed by atoms with Crippen molar-refractivity contribution in [3.05, 3.63) is 88.7 Å². The summed E-state index contributed by atoms with van der Waals surface area (Å²) in [5, 5.41) is 49.0. The fraction of sp³-hybridized carbons (Fsp3) is 0.0345. The summed E-state index contributed by atoms with van der Waals surface area (Å²) < 4.78 is 96.7. The van der Waals surface area contributed by atoms with Crippen molar-refractivity contribution >= 4 is 69.6 Å². The van der Waals surface area contributed by atoms with Gasteiger partial charge in [0.2, 0.25) is 9.84 Å². The number of carboxylic acids is 1. The minimum atomic E-state index is -5.08. The van der Waals surface area contributed by atoms with Crippen LogP contribution in [0, 0.1) is 0 Å². The number of carboxylic acid groups (broad SMARTS) is 1. The molecular formula is C29H22CuN6O14S3. The molecule has 5 aromatic rings. The Bertz CT molecular complexity index is 2780. The van der Waals surface area contributed by atoms with E-state index in [2.05, 4.69) is 32.1 Å². The van der Waals surface area contributed by atoms with Crippen LogP contribution < -0.4 is 10.3 Å². The number of nitrogens with zero attached hydrogens (tertiary/aromatic N) is 5. The van der Waals surface area contributed by atoms with Crippen LogP contribution in [0.4, 0.5) is 22.7 Å². The number of sulfone groups is 1. The summed E-state index contributed by atoms with van der Waals surface area (Å²) in [6, 6.07) is 10.4. The molecule has 0 saturated carbocycles. The molecule has 1 aromatic heterocycles. The molecule has 0 amide bonds. The van der Waals surface area contributed by atoms with Crippen LogP contribution in [0.15, 0.2) is 113 Å². The molecule has 24 heteroatoms. The van der Waals surface area contributed by atoms with Crippen molar-refractivity contribution in [2.45, 2.75) is 14.7 Å². The van der Waals surface area contributed by atoms with E-state index in [0.717, 1.165) is 60.3 Å². The second kappa shape index (κ2) is 14.7. The van der Waals surface area contributed by atoms with E-state index in [4.69, 9.17) is 4.74 Å². The number of aromatic amines is 1. The van der Waals surface area contributed by atoms with Crippen molar-refractivity contribution in [2.75, 3.05) is 7.11 Å². The number of methoxy groups -OCH3 is 1. The zero-order valence-electron chi connectivity index (χ0n) is 26.2. The van der Waals surface area contributed by atoms with Crippen molar-refractivity contribution in [3.8, 4) is 22.9 Å². The number of nitrogens with one attached hydrogen (secondary N) is 1. The number of phenolic OH excluding ortho intramolecular Hbond substituents is 2. The zero-order chi connectivity index (χ0) is 38.3. The number of hydrogen-bond acceptors (Lipinski definition) is 15. The number of hydrogen-bond donors (Lipinski definition) is 6. The van der Waals surface area contributed by atoms with Gasteiger partial charge in [-0.25, -0.2) is 17.9 Å². The normalized spacial score (nSPS) is 12.3. The average Bonchev–Trinajstić information content (AvgIpc) is 3.42. The second-order valence-electron chi connectivity index (χ2n) is 10.3. The minimum Gasteiger partial charge on any atom is -0.506 e. The van der Waals surface area contributed by atoms with Crippen LogP contribution in [0.1, 0.15) is 10.5 Å². The van der Waals surface area contributed by atoms with Gasteiger partial charge in [0.25, 0.3) is 25.8 Å². The van der Waals surface area contributed by atoms with Crippen LogP contribution in [0.25, 0.3) is 16.5 Å². The van der Waals surface area contributed by atoms with Gasteiger partial charge in [-0.3, -0.25) is 19.0 Å². The first kappa shape index (κ1) is 40.0. The third-order valence-corrected chi connectivity index (χ3v) is 10.2. The molecule has 0 aliphatic rings. The van der Waals surface area contributed by atoms with Crippen LogP contribution in [-0.4, -0.2) is 72.5 Å². The first-order chi connectivity index (χ1) is 24.3. The van der Waals surface area contributed by atoms with E-state index < -0.39 is 90.5 Å². The summed E-state index contributed by atoms with van der Waals surface area (Å²) >= 11 is 0. The van der Waals surface area contributed by atoms with Gasteiger partial charge in [-0.15, -0.1) is 15.3 Å². The maximum atomic E-state index is 13.1. The Balaban J connectivity index is 0.00000627. The fourth-order valence-corrected chi connectivity index (χ4v) is 6.62. The van der Waals surface area contributed by atoms with Crippen molar-refractivity contribution in [1.82, 2.24) is 9.78 Å². The van der Waals surface area contributed by atoms with Gasteiger partial charge in [0.1, 0.15) is 32.7 Å². The monoisotopic (exact) mass is 837 g/mol. The van der Waals surface area contributed by atoms with Crippen LogP contribution in [-0.2, 0) is 47.1 Å². The number of azo groups is 2. The molecule has 4 aromatic carbocycles. The van der Waals surface area contributed by atoms with Gasteiger partial charge in [0, 0.05) is 40.0 Å². The molecule has 5 rings (SSSR count). The quantitative estimate of drug-likeness (QED) is 0.0598. The molecule has 0 aliphatic carbocycles. The summed E-state index contributed by atoms with van der Waals surface area (Å²) in [4.78, 5) is 23.1. The summed E-state index contributed by atoms with van der Waals surface area (Å²) in [6.45, 7) is 3.20. The molecule has 0 bridgehead atoms. The molecule has 281 valence electrons. The Morgan fingerprint density at radius 2 is 1.49 bits per heavy atom. The number of phenols is 2. The predicted molar refractivity (Wildman–Crippen MR) is 179 cm³/mol. The molecule has 1 heterocycles. The van der Waals surface area contributed by atoms with Gasteiger partial charge in [-0.2, -0.15) is 21.9 Å². The topological polar surface area (TPSA) is 317 Å². The van der Waals surface area contributed by atoms with Gasteiger partial charge in [-0.1, -0.05) is 12.6 Å². The largest absolute Gasteiger partial charge is 0.506 e. The molecule has 0 atom stereocenters. The maximum Gasteiger partial charge on any atom is 0.356 e. The molecule has 1 radical (unpaired) electrons. The number of aromatic hydroxyl groups is 2. The number of H-pyrrole nitrogens is 1. The number of aromatic carboxylic acids is 1.